The van der Waals surface area contributed by atoms with Gasteiger partial charge in [0.05, 0.1) is 17.0 Å². The number of nitrogens with zero attached hydrogens (tertiary/aromatic N) is 7. The lowest BCUT2D eigenvalue weighted by Crippen LogP contribution is -2.40. The maximum atomic E-state index is 6.39. The Morgan fingerprint density at radius 2 is 2.14 bits per heavy atom. The summed E-state index contributed by atoms with van der Waals surface area (Å²) in [5.41, 5.74) is 8.91. The van der Waals surface area contributed by atoms with E-state index in [0.29, 0.717) is 30.0 Å². The zero-order valence-electron chi connectivity index (χ0n) is 21.8. The molecule has 37 heavy (non-hydrogen) atoms. The van der Waals surface area contributed by atoms with Crippen molar-refractivity contribution in [1.29, 1.82) is 0 Å². The van der Waals surface area contributed by atoms with Crippen molar-refractivity contribution in [2.24, 2.45) is 10.9 Å². The largest absolute Gasteiger partial charge is 0.390 e. The summed E-state index contributed by atoms with van der Waals surface area (Å²) in [7, 11) is 0. The lowest BCUT2D eigenvalue weighted by Gasteiger charge is -2.31. The Morgan fingerprint density at radius 1 is 1.27 bits per heavy atom. The number of thiophene rings is 1. The van der Waals surface area contributed by atoms with Crippen LogP contribution in [0.2, 0.25) is 0 Å². The Labute approximate surface area is 222 Å². The van der Waals surface area contributed by atoms with E-state index in [-0.39, 0.29) is 0 Å². The molecule has 0 bridgehead atoms. The van der Waals surface area contributed by atoms with Crippen molar-refractivity contribution < 1.29 is 4.52 Å². The second-order valence-electron chi connectivity index (χ2n) is 11.1. The maximum Gasteiger partial charge on any atom is 0.237 e. The number of aryl methyl sites for hydroxylation is 1. The summed E-state index contributed by atoms with van der Waals surface area (Å²) in [6.45, 7) is 13.0. The van der Waals surface area contributed by atoms with Crippen LogP contribution < -0.4 is 10.6 Å². The Hall–Kier alpha value is -2.85. The molecule has 2 fully saturated rings. The molecular weight excluding hydrogens is 484 g/mol. The molecule has 2 N–H and O–H groups in total. The van der Waals surface area contributed by atoms with Crippen molar-refractivity contribution in [3.63, 3.8) is 0 Å². The van der Waals surface area contributed by atoms with Gasteiger partial charge in [0.25, 0.3) is 0 Å². The second kappa shape index (κ2) is 9.79. The molecule has 3 aromatic heterocycles. The minimum Gasteiger partial charge on any atom is -0.390 e. The zero-order valence-corrected chi connectivity index (χ0v) is 22.6. The van der Waals surface area contributed by atoms with Crippen molar-refractivity contribution in [2.45, 2.75) is 70.4 Å². The fourth-order valence-corrected chi connectivity index (χ4v) is 7.36. The number of aliphatic imine (C=N–C) groups is 1. The summed E-state index contributed by atoms with van der Waals surface area (Å²) in [6.07, 6.45) is 8.67. The zero-order chi connectivity index (χ0) is 25.6. The average Bonchev–Trinajstić information content (AvgIpc) is 3.49. The standard InChI is InChI=1S/C27H36N8OS/c1-17-15-34(16-18-7-8-18)12-5-13-35(17)26-30-11-9-20(31-26)24-32-25(36-33-24)27(2)10-4-6-21-22(27)19(14-29-3)23(28)37-21/h9,11,17-18H,3-8,10,12-16,28H2,1-2H3/t17-,27-/m0/s1. The van der Waals surface area contributed by atoms with Crippen LogP contribution >= 0.6 is 11.3 Å². The molecule has 6 rings (SSSR count). The molecule has 2 aliphatic carbocycles. The minimum atomic E-state index is -0.410. The fourth-order valence-electron chi connectivity index (χ4n) is 6.10. The minimum absolute atomic E-state index is 0.345. The first kappa shape index (κ1) is 24.5. The van der Waals surface area contributed by atoms with Gasteiger partial charge >= 0.3 is 0 Å². The summed E-state index contributed by atoms with van der Waals surface area (Å²) in [6, 6.07) is 2.21. The van der Waals surface area contributed by atoms with Crippen molar-refractivity contribution in [3.05, 3.63) is 34.2 Å². The summed E-state index contributed by atoms with van der Waals surface area (Å²) in [5.74, 6) is 2.74. The lowest BCUT2D eigenvalue weighted by molar-refractivity contribution is 0.265. The first-order valence-corrected chi connectivity index (χ1v) is 14.3. The molecule has 1 saturated carbocycles. The van der Waals surface area contributed by atoms with E-state index in [9.17, 15) is 0 Å². The van der Waals surface area contributed by atoms with E-state index in [0.717, 1.165) is 67.7 Å². The van der Waals surface area contributed by atoms with Gasteiger partial charge < -0.3 is 20.1 Å². The molecule has 0 aromatic carbocycles. The van der Waals surface area contributed by atoms with Gasteiger partial charge in [-0.25, -0.2) is 9.97 Å². The molecule has 9 nitrogen and oxygen atoms in total. The number of aromatic nitrogens is 4. The molecule has 0 unspecified atom stereocenters. The summed E-state index contributed by atoms with van der Waals surface area (Å²) < 4.78 is 5.92. The number of nitrogen functional groups attached to an aromatic ring is 1. The molecule has 3 aliphatic rings. The van der Waals surface area contributed by atoms with Crippen LogP contribution in [0.15, 0.2) is 21.8 Å². The van der Waals surface area contributed by atoms with Gasteiger partial charge in [0.15, 0.2) is 0 Å². The number of nitrogens with two attached hydrogens (primary N) is 1. The van der Waals surface area contributed by atoms with Crippen LogP contribution in [-0.4, -0.2) is 63.9 Å². The van der Waals surface area contributed by atoms with Gasteiger partial charge in [-0.1, -0.05) is 5.16 Å². The Kier molecular flexibility index (Phi) is 6.48. The molecule has 3 aromatic rings. The third kappa shape index (κ3) is 4.65. The molecule has 1 saturated heterocycles. The fraction of sp³-hybridized carbons (Fsp3) is 0.593. The van der Waals surface area contributed by atoms with E-state index in [2.05, 4.69) is 45.5 Å². The highest BCUT2D eigenvalue weighted by molar-refractivity contribution is 7.16. The number of rotatable bonds is 7. The van der Waals surface area contributed by atoms with Gasteiger partial charge in [-0.3, -0.25) is 4.99 Å². The van der Waals surface area contributed by atoms with Gasteiger partial charge in [-0.05, 0) is 83.2 Å². The van der Waals surface area contributed by atoms with Crippen LogP contribution in [0.25, 0.3) is 11.5 Å². The second-order valence-corrected chi connectivity index (χ2v) is 12.2. The molecular formula is C27H36N8OS. The first-order chi connectivity index (χ1) is 18.0. The van der Waals surface area contributed by atoms with E-state index in [1.807, 2.05) is 6.07 Å². The van der Waals surface area contributed by atoms with Gasteiger partial charge in [0.2, 0.25) is 17.7 Å². The van der Waals surface area contributed by atoms with Gasteiger partial charge in [-0.15, -0.1) is 11.3 Å². The monoisotopic (exact) mass is 520 g/mol. The van der Waals surface area contributed by atoms with Crippen LogP contribution in [-0.2, 0) is 18.4 Å². The Balaban J connectivity index is 1.27. The maximum absolute atomic E-state index is 6.39. The molecule has 196 valence electrons. The average molecular weight is 521 g/mol. The molecule has 2 atom stereocenters. The molecule has 0 spiro atoms. The topological polar surface area (TPSA) is 110 Å². The first-order valence-electron chi connectivity index (χ1n) is 13.5. The Morgan fingerprint density at radius 3 is 2.95 bits per heavy atom. The van der Waals surface area contributed by atoms with E-state index >= 15 is 0 Å². The lowest BCUT2D eigenvalue weighted by atomic mass is 9.72. The summed E-state index contributed by atoms with van der Waals surface area (Å²) >= 11 is 1.65. The molecule has 10 heteroatoms. The quantitative estimate of drug-likeness (QED) is 0.459. The SMILES string of the molecule is C=NCc1c(N)sc2c1[C@@](C)(c1nc(-c3ccnc(N4CCCN(CC5CC5)C[C@@H]4C)n3)no1)CCC2. The highest BCUT2D eigenvalue weighted by Gasteiger charge is 2.42. The van der Waals surface area contributed by atoms with Crippen LogP contribution in [0.3, 0.4) is 0 Å². The van der Waals surface area contributed by atoms with E-state index < -0.39 is 5.41 Å². The smallest absolute Gasteiger partial charge is 0.237 e. The van der Waals surface area contributed by atoms with Gasteiger partial charge in [-0.2, -0.15) is 4.98 Å². The molecule has 4 heterocycles. The normalized spacial score (nSPS) is 24.6. The molecule has 1 aliphatic heterocycles. The molecule has 0 amide bonds. The van der Waals surface area contributed by atoms with Crippen molar-refractivity contribution >= 4 is 29.0 Å². The summed E-state index contributed by atoms with van der Waals surface area (Å²) in [5, 5.41) is 5.18. The van der Waals surface area contributed by atoms with Crippen molar-refractivity contribution in [3.8, 4) is 11.5 Å². The third-order valence-corrected chi connectivity index (χ3v) is 9.30. The van der Waals surface area contributed by atoms with Gasteiger partial charge in [0, 0.05) is 42.3 Å². The number of anilines is 2. The highest BCUT2D eigenvalue weighted by atomic mass is 32.1. The highest BCUT2D eigenvalue weighted by Crippen LogP contribution is 2.49. The number of fused-ring (bicyclic) bond motifs is 1. The van der Waals surface area contributed by atoms with Crippen LogP contribution in [0.4, 0.5) is 10.9 Å². The Bertz CT molecular complexity index is 1280. The van der Waals surface area contributed by atoms with E-state index in [4.69, 9.17) is 20.2 Å². The van der Waals surface area contributed by atoms with Crippen LogP contribution in [0.5, 0.6) is 0 Å². The van der Waals surface area contributed by atoms with Crippen molar-refractivity contribution in [2.75, 3.05) is 36.8 Å². The third-order valence-electron chi connectivity index (χ3n) is 8.18. The van der Waals surface area contributed by atoms with Crippen molar-refractivity contribution in [1.82, 2.24) is 25.0 Å². The number of hydrogen-bond donors (Lipinski definition) is 1. The van der Waals surface area contributed by atoms with Crippen LogP contribution in [0, 0.1) is 5.92 Å². The molecule has 0 radical (unpaired) electrons. The van der Waals surface area contributed by atoms with Crippen LogP contribution in [0.1, 0.15) is 67.8 Å². The predicted molar refractivity (Wildman–Crippen MR) is 147 cm³/mol. The van der Waals surface area contributed by atoms with Gasteiger partial charge in [0.1, 0.15) is 5.69 Å². The summed E-state index contributed by atoms with van der Waals surface area (Å²) in [4.78, 5) is 24.8. The van der Waals surface area contributed by atoms with E-state index in [1.54, 1.807) is 17.5 Å². The number of hydrogen-bond acceptors (Lipinski definition) is 10. The van der Waals surface area contributed by atoms with E-state index in [1.165, 1.54) is 29.8 Å². The predicted octanol–water partition coefficient (Wildman–Crippen LogP) is 4.32.